The highest BCUT2D eigenvalue weighted by Crippen LogP contribution is 2.04. The van der Waals surface area contributed by atoms with Crippen LogP contribution in [0.4, 0.5) is 0 Å². The molecule has 2 rings (SSSR count). The van der Waals surface area contributed by atoms with Crippen molar-refractivity contribution in [2.75, 3.05) is 0 Å². The summed E-state index contributed by atoms with van der Waals surface area (Å²) in [6, 6.07) is 10.5. The lowest BCUT2D eigenvalue weighted by Gasteiger charge is -1.98. The lowest BCUT2D eigenvalue weighted by atomic mass is 10.1. The first-order valence-corrected chi connectivity index (χ1v) is 7.77. The molecule has 0 aliphatic heterocycles. The van der Waals surface area contributed by atoms with Crippen molar-refractivity contribution in [2.24, 2.45) is 0 Å². The molecule has 1 aromatic heterocycles. The fourth-order valence-corrected chi connectivity index (χ4v) is 2.01. The molecule has 3 heteroatoms. The summed E-state index contributed by atoms with van der Waals surface area (Å²) >= 11 is 0. The summed E-state index contributed by atoms with van der Waals surface area (Å²) in [5.41, 5.74) is 2.64. The van der Waals surface area contributed by atoms with Gasteiger partial charge in [0.2, 0.25) is 0 Å². The molecule has 124 valence electrons. The average molecular weight is 313 g/mol. The van der Waals surface area contributed by atoms with Gasteiger partial charge in [-0.15, -0.1) is 0 Å². The van der Waals surface area contributed by atoms with E-state index in [-0.39, 0.29) is 0 Å². The van der Waals surface area contributed by atoms with E-state index in [0.29, 0.717) is 0 Å². The van der Waals surface area contributed by atoms with Gasteiger partial charge in [0, 0.05) is 23.7 Å². The first-order valence-electron chi connectivity index (χ1n) is 7.77. The minimum Gasteiger partial charge on any atom is -0.481 e. The normalized spacial score (nSPS) is 11.0. The zero-order valence-corrected chi connectivity index (χ0v) is 14.5. The lowest BCUT2D eigenvalue weighted by molar-refractivity contribution is -0.134. The van der Waals surface area contributed by atoms with Crippen LogP contribution in [-0.2, 0) is 11.2 Å². The molecule has 0 saturated carbocycles. The molecule has 2 aromatic rings. The second-order valence-corrected chi connectivity index (χ2v) is 4.51. The molecule has 0 amide bonds. The average Bonchev–Trinajstić information content (AvgIpc) is 2.92. The monoisotopic (exact) mass is 313 g/mol. The van der Waals surface area contributed by atoms with Gasteiger partial charge in [0.25, 0.3) is 5.97 Å². The number of hydrogen-bond donors (Lipinski definition) is 2. The Kier molecular flexibility index (Phi) is 10.7. The molecular formula is C20H27NO2. The van der Waals surface area contributed by atoms with E-state index >= 15 is 0 Å². The molecule has 3 nitrogen and oxygen atoms in total. The van der Waals surface area contributed by atoms with Gasteiger partial charge in [-0.1, -0.05) is 69.0 Å². The number of benzene rings is 1. The molecule has 0 aliphatic rings. The van der Waals surface area contributed by atoms with Crippen molar-refractivity contribution in [1.29, 1.82) is 0 Å². The third kappa shape index (κ3) is 7.86. The molecule has 0 bridgehead atoms. The van der Waals surface area contributed by atoms with Crippen molar-refractivity contribution in [3.63, 3.8) is 0 Å². The highest BCUT2D eigenvalue weighted by Gasteiger charge is 2.00. The highest BCUT2D eigenvalue weighted by atomic mass is 16.4. The summed E-state index contributed by atoms with van der Waals surface area (Å²) < 4.78 is 0. The number of carboxylic acids is 1. The number of aromatic amines is 1. The number of H-pyrrole nitrogens is 1. The smallest absolute Gasteiger partial charge is 0.300 e. The molecule has 0 spiro atoms. The minimum atomic E-state index is -0.833. The Morgan fingerprint density at radius 1 is 1.26 bits per heavy atom. The Morgan fingerprint density at radius 3 is 2.30 bits per heavy atom. The molecule has 2 N–H and O–H groups in total. The van der Waals surface area contributed by atoms with Crippen LogP contribution in [0.25, 0.3) is 12.2 Å². The number of aromatic nitrogens is 1. The predicted octanol–water partition coefficient (Wildman–Crippen LogP) is 3.49. The van der Waals surface area contributed by atoms with Crippen LogP contribution in [0.3, 0.4) is 0 Å². The van der Waals surface area contributed by atoms with E-state index in [9.17, 15) is 0 Å². The number of nitrogens with one attached hydrogen (secondary N) is 1. The Morgan fingerprint density at radius 2 is 1.83 bits per heavy atom. The molecule has 0 radical (unpaired) electrons. The molecule has 1 heterocycles. The summed E-state index contributed by atoms with van der Waals surface area (Å²) in [6.07, 6.45) is 9.01. The molecule has 0 fully saturated rings. The number of allylic oxidation sites excluding steroid dienone is 1. The zero-order valence-electron chi connectivity index (χ0n) is 14.5. The van der Waals surface area contributed by atoms with Gasteiger partial charge in [-0.3, -0.25) is 4.79 Å². The summed E-state index contributed by atoms with van der Waals surface area (Å²) in [6.45, 7) is 10.9. The van der Waals surface area contributed by atoms with E-state index in [1.54, 1.807) is 0 Å². The van der Waals surface area contributed by atoms with Crippen LogP contribution in [0.5, 0.6) is 0 Å². The SMILES string of the molecule is C=C/C=c1/c(Cc2ccccc2)c[nH]/c1=C/C.CC.CC(=O)O. The second kappa shape index (κ2) is 12.0. The van der Waals surface area contributed by atoms with Crippen molar-refractivity contribution >= 4 is 18.1 Å². The van der Waals surface area contributed by atoms with Gasteiger partial charge in [0.05, 0.1) is 0 Å². The van der Waals surface area contributed by atoms with Gasteiger partial charge in [-0.2, -0.15) is 0 Å². The third-order valence-corrected chi connectivity index (χ3v) is 2.85. The molecule has 1 aromatic carbocycles. The van der Waals surface area contributed by atoms with Gasteiger partial charge >= 0.3 is 0 Å². The minimum absolute atomic E-state index is 0.833. The summed E-state index contributed by atoms with van der Waals surface area (Å²) in [4.78, 5) is 12.3. The molecular weight excluding hydrogens is 286 g/mol. The van der Waals surface area contributed by atoms with Crippen LogP contribution in [0, 0.1) is 0 Å². The number of rotatable bonds is 3. The van der Waals surface area contributed by atoms with Crippen LogP contribution in [-0.4, -0.2) is 16.1 Å². The van der Waals surface area contributed by atoms with Crippen molar-refractivity contribution in [3.8, 4) is 0 Å². The van der Waals surface area contributed by atoms with Crippen molar-refractivity contribution < 1.29 is 9.90 Å². The van der Waals surface area contributed by atoms with Crippen molar-refractivity contribution in [2.45, 2.75) is 34.1 Å². The van der Waals surface area contributed by atoms with Gasteiger partial charge in [-0.05, 0) is 24.5 Å². The van der Waals surface area contributed by atoms with E-state index in [0.717, 1.165) is 18.7 Å². The van der Waals surface area contributed by atoms with Crippen LogP contribution >= 0.6 is 0 Å². The second-order valence-electron chi connectivity index (χ2n) is 4.51. The van der Waals surface area contributed by atoms with Crippen LogP contribution in [0.1, 0.15) is 38.8 Å². The van der Waals surface area contributed by atoms with Gasteiger partial charge in [0.1, 0.15) is 0 Å². The van der Waals surface area contributed by atoms with Crippen LogP contribution < -0.4 is 10.6 Å². The standard InChI is InChI=1S/C16H17N.C2H4O2.C2H6/c1-3-8-15-14(12-17-16(15)4-2)11-13-9-6-5-7-10-13;1-2(3)4;1-2/h3-10,12,17H,1,11H2,2H3;1H3,(H,3,4);1-2H3/b15-8-,16-4+;;. The van der Waals surface area contributed by atoms with E-state index in [4.69, 9.17) is 9.90 Å². The fraction of sp³-hybridized carbons (Fsp3) is 0.250. The predicted molar refractivity (Wildman–Crippen MR) is 98.7 cm³/mol. The molecule has 0 atom stereocenters. The molecule has 23 heavy (non-hydrogen) atoms. The van der Waals surface area contributed by atoms with E-state index in [2.05, 4.69) is 54.2 Å². The van der Waals surface area contributed by atoms with Crippen LogP contribution in [0.2, 0.25) is 0 Å². The van der Waals surface area contributed by atoms with E-state index < -0.39 is 5.97 Å². The van der Waals surface area contributed by atoms with Crippen molar-refractivity contribution in [1.82, 2.24) is 4.98 Å². The maximum absolute atomic E-state index is 9.00. The van der Waals surface area contributed by atoms with Gasteiger partial charge in [-0.25, -0.2) is 0 Å². The quantitative estimate of drug-likeness (QED) is 0.911. The highest BCUT2D eigenvalue weighted by molar-refractivity contribution is 5.62. The fourth-order valence-electron chi connectivity index (χ4n) is 2.01. The Bertz CT molecular complexity index is 693. The summed E-state index contributed by atoms with van der Waals surface area (Å²) in [7, 11) is 0. The van der Waals surface area contributed by atoms with E-state index in [1.807, 2.05) is 32.9 Å². The zero-order chi connectivity index (χ0) is 17.7. The molecule has 0 saturated heterocycles. The maximum atomic E-state index is 9.00. The molecule has 0 unspecified atom stereocenters. The van der Waals surface area contributed by atoms with Gasteiger partial charge in [0.15, 0.2) is 0 Å². The first kappa shape index (κ1) is 20.5. The van der Waals surface area contributed by atoms with E-state index in [1.165, 1.54) is 16.3 Å². The third-order valence-electron chi connectivity index (χ3n) is 2.85. The molecule has 0 aliphatic carbocycles. The number of carboxylic acid groups (broad SMARTS) is 1. The Balaban J connectivity index is 0.000000705. The first-order chi connectivity index (χ1) is 11.1. The topological polar surface area (TPSA) is 53.1 Å². The van der Waals surface area contributed by atoms with Crippen molar-refractivity contribution in [3.05, 3.63) is 70.9 Å². The van der Waals surface area contributed by atoms with Crippen LogP contribution in [0.15, 0.2) is 49.2 Å². The Labute approximate surface area is 138 Å². The number of carbonyl (C=O) groups is 1. The lowest BCUT2D eigenvalue weighted by Crippen LogP contribution is -2.24. The summed E-state index contributed by atoms with van der Waals surface area (Å²) in [5.74, 6) is -0.833. The summed E-state index contributed by atoms with van der Waals surface area (Å²) in [5, 5.41) is 9.82. The Hall–Kier alpha value is -2.55. The number of aliphatic carboxylic acids is 1. The number of hydrogen-bond acceptors (Lipinski definition) is 1. The largest absolute Gasteiger partial charge is 0.481 e. The van der Waals surface area contributed by atoms with Gasteiger partial charge < -0.3 is 10.1 Å². The maximum Gasteiger partial charge on any atom is 0.300 e.